The van der Waals surface area contributed by atoms with Gasteiger partial charge in [0.15, 0.2) is 0 Å². The van der Waals surface area contributed by atoms with Crippen LogP contribution >= 0.6 is 11.6 Å². The summed E-state index contributed by atoms with van der Waals surface area (Å²) in [6, 6.07) is 13.2. The van der Waals surface area contributed by atoms with Crippen molar-refractivity contribution in [2.75, 3.05) is 23.7 Å². The van der Waals surface area contributed by atoms with Gasteiger partial charge in [-0.2, -0.15) is 0 Å². The molecule has 0 saturated carbocycles. The van der Waals surface area contributed by atoms with Crippen LogP contribution in [0.5, 0.6) is 0 Å². The van der Waals surface area contributed by atoms with Gasteiger partial charge in [-0.1, -0.05) is 61.3 Å². The van der Waals surface area contributed by atoms with Crippen molar-refractivity contribution in [3.05, 3.63) is 64.7 Å². The molecule has 0 aliphatic rings. The van der Waals surface area contributed by atoms with Crippen LogP contribution in [0.4, 0.5) is 5.69 Å². The SMILES string of the molecule is CCCCNC(=O)C(C)N(Cc1ccccc1C)C(=O)CN(c1ccccc1Cl)S(C)(=O)=O. The number of carbonyl (C=O) groups excluding carboxylic acids is 2. The topological polar surface area (TPSA) is 86.8 Å². The molecule has 0 radical (unpaired) electrons. The van der Waals surface area contributed by atoms with E-state index in [4.69, 9.17) is 11.6 Å². The molecule has 9 heteroatoms. The quantitative estimate of drug-likeness (QED) is 0.483. The lowest BCUT2D eigenvalue weighted by Gasteiger charge is -2.32. The van der Waals surface area contributed by atoms with Crippen molar-refractivity contribution in [1.82, 2.24) is 10.2 Å². The second-order valence-electron chi connectivity index (χ2n) is 7.99. The maximum atomic E-state index is 13.5. The van der Waals surface area contributed by atoms with Gasteiger partial charge < -0.3 is 10.2 Å². The maximum Gasteiger partial charge on any atom is 0.244 e. The summed E-state index contributed by atoms with van der Waals surface area (Å²) in [6.45, 7) is 5.82. The number of hydrogen-bond donors (Lipinski definition) is 1. The Morgan fingerprint density at radius 3 is 2.33 bits per heavy atom. The van der Waals surface area contributed by atoms with Crippen molar-refractivity contribution in [1.29, 1.82) is 0 Å². The first-order chi connectivity index (χ1) is 15.6. The molecule has 0 bridgehead atoms. The van der Waals surface area contributed by atoms with E-state index in [1.807, 2.05) is 38.1 Å². The van der Waals surface area contributed by atoms with Gasteiger partial charge in [0, 0.05) is 13.1 Å². The Bertz CT molecular complexity index is 1070. The van der Waals surface area contributed by atoms with Gasteiger partial charge in [-0.25, -0.2) is 8.42 Å². The van der Waals surface area contributed by atoms with Crippen LogP contribution in [0.3, 0.4) is 0 Å². The number of amides is 2. The van der Waals surface area contributed by atoms with Crippen molar-refractivity contribution in [3.8, 4) is 0 Å². The highest BCUT2D eigenvalue weighted by Crippen LogP contribution is 2.27. The minimum absolute atomic E-state index is 0.175. The monoisotopic (exact) mass is 493 g/mol. The van der Waals surface area contributed by atoms with Crippen LogP contribution in [0.15, 0.2) is 48.5 Å². The molecule has 0 heterocycles. The summed E-state index contributed by atoms with van der Waals surface area (Å²) in [6.07, 6.45) is 2.79. The minimum atomic E-state index is -3.81. The second-order valence-corrected chi connectivity index (χ2v) is 10.3. The van der Waals surface area contributed by atoms with Gasteiger partial charge in [-0.05, 0) is 43.5 Å². The lowest BCUT2D eigenvalue weighted by Crippen LogP contribution is -2.51. The zero-order chi connectivity index (χ0) is 24.6. The molecule has 0 saturated heterocycles. The van der Waals surface area contributed by atoms with Gasteiger partial charge in [0.2, 0.25) is 21.8 Å². The van der Waals surface area contributed by atoms with Gasteiger partial charge in [0.05, 0.1) is 17.0 Å². The molecule has 2 rings (SSSR count). The van der Waals surface area contributed by atoms with E-state index in [9.17, 15) is 18.0 Å². The number of aryl methyl sites for hydroxylation is 1. The Hall–Kier alpha value is -2.58. The van der Waals surface area contributed by atoms with Crippen molar-refractivity contribution in [2.24, 2.45) is 0 Å². The zero-order valence-corrected chi connectivity index (χ0v) is 21.1. The molecule has 0 spiro atoms. The predicted molar refractivity (Wildman–Crippen MR) is 133 cm³/mol. The van der Waals surface area contributed by atoms with E-state index in [1.54, 1.807) is 31.2 Å². The van der Waals surface area contributed by atoms with Gasteiger partial charge >= 0.3 is 0 Å². The summed E-state index contributed by atoms with van der Waals surface area (Å²) in [5, 5.41) is 3.07. The summed E-state index contributed by atoms with van der Waals surface area (Å²) < 4.78 is 26.1. The van der Waals surface area contributed by atoms with E-state index < -0.39 is 28.5 Å². The van der Waals surface area contributed by atoms with Crippen LogP contribution in [0.2, 0.25) is 5.02 Å². The van der Waals surface area contributed by atoms with Crippen molar-refractivity contribution < 1.29 is 18.0 Å². The van der Waals surface area contributed by atoms with Gasteiger partial charge in [0.25, 0.3) is 0 Å². The molecule has 2 aromatic rings. The van der Waals surface area contributed by atoms with Crippen molar-refractivity contribution >= 4 is 39.1 Å². The molecule has 0 aromatic heterocycles. The molecule has 2 amide bonds. The Balaban J connectivity index is 2.37. The third-order valence-electron chi connectivity index (χ3n) is 5.40. The fourth-order valence-corrected chi connectivity index (χ4v) is 4.49. The first-order valence-corrected chi connectivity index (χ1v) is 13.1. The van der Waals surface area contributed by atoms with E-state index in [0.717, 1.165) is 34.5 Å². The Morgan fingerprint density at radius 1 is 1.09 bits per heavy atom. The van der Waals surface area contributed by atoms with Crippen molar-refractivity contribution in [3.63, 3.8) is 0 Å². The standard InChI is InChI=1S/C24H32ClN3O4S/c1-5-6-15-26-24(30)19(3)27(16-20-12-8-7-11-18(20)2)23(29)17-28(33(4,31)32)22-14-10-9-13-21(22)25/h7-14,19H,5-6,15-17H2,1-4H3,(H,26,30). The summed E-state index contributed by atoms with van der Waals surface area (Å²) in [7, 11) is -3.81. The fourth-order valence-electron chi connectivity index (χ4n) is 3.34. The van der Waals surface area contributed by atoms with E-state index in [2.05, 4.69) is 5.32 Å². The number of hydrogen-bond acceptors (Lipinski definition) is 4. The summed E-state index contributed by atoms with van der Waals surface area (Å²) in [5.41, 5.74) is 2.06. The highest BCUT2D eigenvalue weighted by Gasteiger charge is 2.30. The van der Waals surface area contributed by atoms with Crippen LogP contribution in [-0.2, 0) is 26.2 Å². The zero-order valence-electron chi connectivity index (χ0n) is 19.5. The highest BCUT2D eigenvalue weighted by atomic mass is 35.5. The number of unbranched alkanes of at least 4 members (excludes halogenated alkanes) is 1. The molecule has 2 aromatic carbocycles. The minimum Gasteiger partial charge on any atom is -0.354 e. The number of sulfonamides is 1. The van der Waals surface area contributed by atoms with E-state index in [0.29, 0.717) is 6.54 Å². The average Bonchev–Trinajstić information content (AvgIpc) is 2.76. The van der Waals surface area contributed by atoms with Crippen LogP contribution in [0.25, 0.3) is 0 Å². The molecule has 0 fully saturated rings. The average molecular weight is 494 g/mol. The highest BCUT2D eigenvalue weighted by molar-refractivity contribution is 7.92. The number of halogens is 1. The lowest BCUT2D eigenvalue weighted by atomic mass is 10.1. The van der Waals surface area contributed by atoms with E-state index in [1.165, 1.54) is 4.90 Å². The first-order valence-electron chi connectivity index (χ1n) is 10.9. The van der Waals surface area contributed by atoms with Crippen LogP contribution in [-0.4, -0.2) is 50.5 Å². The molecular weight excluding hydrogens is 462 g/mol. The third-order valence-corrected chi connectivity index (χ3v) is 6.85. The largest absolute Gasteiger partial charge is 0.354 e. The molecule has 1 unspecified atom stereocenters. The van der Waals surface area contributed by atoms with Crippen molar-refractivity contribution in [2.45, 2.75) is 46.2 Å². The molecule has 180 valence electrons. The third kappa shape index (κ3) is 7.47. The first kappa shape index (κ1) is 26.7. The van der Waals surface area contributed by atoms with Crippen LogP contribution in [0.1, 0.15) is 37.8 Å². The number of nitrogens with one attached hydrogen (secondary N) is 1. The molecular formula is C24H32ClN3O4S. The maximum absolute atomic E-state index is 13.5. The van der Waals surface area contributed by atoms with Gasteiger partial charge in [-0.3, -0.25) is 13.9 Å². The number of anilines is 1. The second kappa shape index (κ2) is 12.0. The van der Waals surface area contributed by atoms with E-state index >= 15 is 0 Å². The molecule has 1 atom stereocenters. The Morgan fingerprint density at radius 2 is 1.73 bits per heavy atom. The predicted octanol–water partition coefficient (Wildman–Crippen LogP) is 3.75. The fraction of sp³-hybridized carbons (Fsp3) is 0.417. The lowest BCUT2D eigenvalue weighted by molar-refractivity contribution is -0.139. The normalized spacial score (nSPS) is 12.2. The molecule has 0 aliphatic heterocycles. The molecule has 7 nitrogen and oxygen atoms in total. The smallest absolute Gasteiger partial charge is 0.244 e. The number of carbonyl (C=O) groups is 2. The summed E-state index contributed by atoms with van der Waals surface area (Å²) in [5.74, 6) is -0.782. The number of benzene rings is 2. The Kier molecular flexibility index (Phi) is 9.73. The molecule has 0 aliphatic carbocycles. The molecule has 1 N–H and O–H groups in total. The summed E-state index contributed by atoms with van der Waals surface area (Å²) in [4.78, 5) is 27.7. The summed E-state index contributed by atoms with van der Waals surface area (Å²) >= 11 is 6.23. The van der Waals surface area contributed by atoms with Crippen LogP contribution < -0.4 is 9.62 Å². The van der Waals surface area contributed by atoms with Crippen LogP contribution in [0, 0.1) is 6.92 Å². The molecule has 33 heavy (non-hydrogen) atoms. The van der Waals surface area contributed by atoms with Gasteiger partial charge in [-0.15, -0.1) is 0 Å². The number of rotatable bonds is 11. The van der Waals surface area contributed by atoms with E-state index in [-0.39, 0.29) is 23.2 Å². The number of nitrogens with zero attached hydrogens (tertiary/aromatic N) is 2. The Labute approximate surface area is 201 Å². The number of para-hydroxylation sites is 1. The van der Waals surface area contributed by atoms with Gasteiger partial charge in [0.1, 0.15) is 12.6 Å².